The molecule has 0 bridgehead atoms. The number of carbonyl (C=O) groups is 3. The molecule has 2 rings (SSSR count). The lowest BCUT2D eigenvalue weighted by Crippen LogP contribution is -2.53. The second-order valence-electron chi connectivity index (χ2n) is 3.74. The number of carbonyl (C=O) groups excluding carboxylic acids is 3. The molecule has 0 aromatic carbocycles. The molecule has 1 aromatic heterocycles. The Bertz CT molecular complexity index is 530. The summed E-state index contributed by atoms with van der Waals surface area (Å²) in [5, 5.41) is 2.08. The number of imide groups is 1. The van der Waals surface area contributed by atoms with E-state index in [9.17, 15) is 14.4 Å². The van der Waals surface area contributed by atoms with Crippen LogP contribution in [0.2, 0.25) is 5.15 Å². The smallest absolute Gasteiger partial charge is 0.258 e. The van der Waals surface area contributed by atoms with Gasteiger partial charge in [0.15, 0.2) is 0 Å². The van der Waals surface area contributed by atoms with Gasteiger partial charge in [0.05, 0.1) is 17.4 Å². The maximum absolute atomic E-state index is 12.1. The zero-order valence-corrected chi connectivity index (χ0v) is 9.90. The van der Waals surface area contributed by atoms with Gasteiger partial charge in [-0.3, -0.25) is 19.7 Å². The van der Waals surface area contributed by atoms with Crippen molar-refractivity contribution in [3.63, 3.8) is 0 Å². The van der Waals surface area contributed by atoms with Crippen LogP contribution in [0.1, 0.15) is 10.4 Å². The summed E-state index contributed by atoms with van der Waals surface area (Å²) in [4.78, 5) is 39.2. The van der Waals surface area contributed by atoms with Crippen molar-refractivity contribution in [1.29, 1.82) is 0 Å². The zero-order chi connectivity index (χ0) is 13.3. The molecule has 7 nitrogen and oxygen atoms in total. The van der Waals surface area contributed by atoms with Gasteiger partial charge in [0.1, 0.15) is 18.2 Å². The molecule has 8 heteroatoms. The number of amides is 3. The summed E-state index contributed by atoms with van der Waals surface area (Å²) in [5.74, 6) is -1.62. The summed E-state index contributed by atoms with van der Waals surface area (Å²) >= 11 is 5.78. The van der Waals surface area contributed by atoms with E-state index in [-0.39, 0.29) is 29.5 Å². The average molecular weight is 269 g/mol. The summed E-state index contributed by atoms with van der Waals surface area (Å²) in [6.07, 6.45) is 1.31. The molecule has 1 aromatic rings. The maximum Gasteiger partial charge on any atom is 0.258 e. The molecule has 0 atom stereocenters. The van der Waals surface area contributed by atoms with Crippen molar-refractivity contribution in [2.75, 3.05) is 18.8 Å². The lowest BCUT2D eigenvalue weighted by atomic mass is 10.2. The molecule has 0 saturated carbocycles. The zero-order valence-electron chi connectivity index (χ0n) is 9.14. The van der Waals surface area contributed by atoms with Gasteiger partial charge >= 0.3 is 0 Å². The molecule has 1 fully saturated rings. The first-order valence-corrected chi connectivity index (χ1v) is 5.38. The molecule has 1 saturated heterocycles. The molecule has 3 amide bonds. The second kappa shape index (κ2) is 4.61. The minimum absolute atomic E-state index is 0.0207. The highest BCUT2D eigenvalue weighted by Crippen LogP contribution is 2.18. The van der Waals surface area contributed by atoms with E-state index >= 15 is 0 Å². The van der Waals surface area contributed by atoms with Crippen LogP contribution in [-0.2, 0) is 9.59 Å². The third-order valence-electron chi connectivity index (χ3n) is 2.33. The lowest BCUT2D eigenvalue weighted by Gasteiger charge is -2.25. The third kappa shape index (κ3) is 2.40. The molecule has 3 N–H and O–H groups in total. The third-order valence-corrected chi connectivity index (χ3v) is 2.63. The Labute approximate surface area is 107 Å². The van der Waals surface area contributed by atoms with Gasteiger partial charge in [-0.2, -0.15) is 0 Å². The Balaban J connectivity index is 2.28. The Morgan fingerprint density at radius 2 is 2.00 bits per heavy atom. The average Bonchev–Trinajstić information content (AvgIpc) is 2.30. The highest BCUT2D eigenvalue weighted by atomic mass is 35.5. The number of nitrogens with two attached hydrogens (primary N) is 1. The van der Waals surface area contributed by atoms with Crippen molar-refractivity contribution in [3.8, 4) is 0 Å². The molecule has 18 heavy (non-hydrogen) atoms. The molecule has 94 valence electrons. The Hall–Kier alpha value is -2.15. The van der Waals surface area contributed by atoms with E-state index < -0.39 is 17.7 Å². The molecular weight excluding hydrogens is 260 g/mol. The molecular formula is C10H9ClN4O3. The van der Waals surface area contributed by atoms with Crippen LogP contribution in [0.4, 0.5) is 5.69 Å². The van der Waals surface area contributed by atoms with Gasteiger partial charge in [-0.1, -0.05) is 11.6 Å². The predicted molar refractivity (Wildman–Crippen MR) is 62.7 cm³/mol. The molecule has 1 aliphatic heterocycles. The van der Waals surface area contributed by atoms with E-state index in [1.54, 1.807) is 0 Å². The number of piperazine rings is 1. The van der Waals surface area contributed by atoms with Crippen LogP contribution >= 0.6 is 11.6 Å². The maximum atomic E-state index is 12.1. The van der Waals surface area contributed by atoms with Gasteiger partial charge in [0, 0.05) is 0 Å². The van der Waals surface area contributed by atoms with Gasteiger partial charge in [-0.15, -0.1) is 0 Å². The summed E-state index contributed by atoms with van der Waals surface area (Å²) in [7, 11) is 0. The predicted octanol–water partition coefficient (Wildman–Crippen LogP) is -0.584. The standard InChI is InChI=1S/C10H9ClN4O3/c11-9-6(1-5(12)2-13-9)10(18)15-3-7(16)14-8(17)4-15/h1-2H,3-4,12H2,(H,14,16,17). The summed E-state index contributed by atoms with van der Waals surface area (Å²) in [5.41, 5.74) is 5.85. The van der Waals surface area contributed by atoms with Crippen molar-refractivity contribution < 1.29 is 14.4 Å². The first-order valence-electron chi connectivity index (χ1n) is 5.00. The van der Waals surface area contributed by atoms with Crippen LogP contribution in [0, 0.1) is 0 Å². The monoisotopic (exact) mass is 268 g/mol. The molecule has 2 heterocycles. The van der Waals surface area contributed by atoms with Gasteiger partial charge in [-0.05, 0) is 6.07 Å². The van der Waals surface area contributed by atoms with Crippen molar-refractivity contribution >= 4 is 35.0 Å². The van der Waals surface area contributed by atoms with Crippen LogP contribution in [-0.4, -0.2) is 40.7 Å². The van der Waals surface area contributed by atoms with Crippen LogP contribution < -0.4 is 11.1 Å². The largest absolute Gasteiger partial charge is 0.397 e. The SMILES string of the molecule is Nc1cnc(Cl)c(C(=O)N2CC(=O)NC(=O)C2)c1. The second-order valence-corrected chi connectivity index (χ2v) is 4.10. The van der Waals surface area contributed by atoms with Gasteiger partial charge in [0.25, 0.3) is 5.91 Å². The number of pyridine rings is 1. The number of aromatic nitrogens is 1. The fraction of sp³-hybridized carbons (Fsp3) is 0.200. The molecule has 0 spiro atoms. The molecule has 0 unspecified atom stereocenters. The van der Waals surface area contributed by atoms with E-state index in [1.165, 1.54) is 12.3 Å². The van der Waals surface area contributed by atoms with Crippen molar-refractivity contribution in [1.82, 2.24) is 15.2 Å². The number of nitrogen functional groups attached to an aromatic ring is 1. The number of halogens is 1. The Kier molecular flexibility index (Phi) is 3.15. The normalized spacial score (nSPS) is 15.5. The minimum Gasteiger partial charge on any atom is -0.397 e. The fourth-order valence-electron chi connectivity index (χ4n) is 1.57. The highest BCUT2D eigenvalue weighted by molar-refractivity contribution is 6.32. The molecule has 0 radical (unpaired) electrons. The van der Waals surface area contributed by atoms with Crippen LogP contribution in [0.15, 0.2) is 12.3 Å². The number of hydrogen-bond acceptors (Lipinski definition) is 5. The highest BCUT2D eigenvalue weighted by Gasteiger charge is 2.28. The van der Waals surface area contributed by atoms with Crippen molar-refractivity contribution in [3.05, 3.63) is 23.0 Å². The van der Waals surface area contributed by atoms with Gasteiger partial charge < -0.3 is 10.6 Å². The summed E-state index contributed by atoms with van der Waals surface area (Å²) in [6, 6.07) is 1.36. The van der Waals surface area contributed by atoms with Crippen LogP contribution in [0.25, 0.3) is 0 Å². The molecule has 1 aliphatic rings. The molecule has 0 aliphatic carbocycles. The number of anilines is 1. The minimum atomic E-state index is -0.553. The van der Waals surface area contributed by atoms with Gasteiger partial charge in [0.2, 0.25) is 11.8 Å². The fourth-order valence-corrected chi connectivity index (χ4v) is 1.75. The lowest BCUT2D eigenvalue weighted by molar-refractivity contribution is -0.135. The van der Waals surface area contributed by atoms with Crippen LogP contribution in [0.5, 0.6) is 0 Å². The van der Waals surface area contributed by atoms with Gasteiger partial charge in [-0.25, -0.2) is 4.98 Å². The first kappa shape index (κ1) is 12.3. The van der Waals surface area contributed by atoms with Crippen molar-refractivity contribution in [2.45, 2.75) is 0 Å². The van der Waals surface area contributed by atoms with E-state index in [4.69, 9.17) is 17.3 Å². The van der Waals surface area contributed by atoms with Crippen molar-refractivity contribution in [2.24, 2.45) is 0 Å². The quantitative estimate of drug-likeness (QED) is 0.523. The van der Waals surface area contributed by atoms with E-state index in [0.717, 1.165) is 4.90 Å². The Morgan fingerprint density at radius 1 is 1.39 bits per heavy atom. The van der Waals surface area contributed by atoms with E-state index in [2.05, 4.69) is 10.3 Å². The number of nitrogens with zero attached hydrogens (tertiary/aromatic N) is 2. The van der Waals surface area contributed by atoms with Crippen LogP contribution in [0.3, 0.4) is 0 Å². The summed E-state index contributed by atoms with van der Waals surface area (Å²) in [6.45, 7) is -0.397. The first-order chi connectivity index (χ1) is 8.47. The van der Waals surface area contributed by atoms with E-state index in [0.29, 0.717) is 0 Å². The topological polar surface area (TPSA) is 105 Å². The Morgan fingerprint density at radius 3 is 2.61 bits per heavy atom. The van der Waals surface area contributed by atoms with E-state index in [1.807, 2.05) is 0 Å². The number of hydrogen-bond donors (Lipinski definition) is 2. The number of nitrogens with one attached hydrogen (secondary N) is 1. The number of rotatable bonds is 1. The summed E-state index contributed by atoms with van der Waals surface area (Å²) < 4.78 is 0.